The van der Waals surface area contributed by atoms with Gasteiger partial charge in [-0.1, -0.05) is 36.4 Å². The van der Waals surface area contributed by atoms with E-state index < -0.39 is 7.82 Å². The minimum Gasteiger partial charge on any atom is -1.00 e. The zero-order chi connectivity index (χ0) is 13.6. The molecule has 4 nitrogen and oxygen atoms in total. The Hall–Kier alpha value is -0.770. The second-order valence-electron chi connectivity index (χ2n) is 3.67. The van der Waals surface area contributed by atoms with E-state index in [1.807, 2.05) is 12.1 Å². The van der Waals surface area contributed by atoms with Crippen molar-refractivity contribution in [2.24, 2.45) is 0 Å². The molecule has 2 aromatic rings. The summed E-state index contributed by atoms with van der Waals surface area (Å²) in [6, 6.07) is 17.6. The summed E-state index contributed by atoms with van der Waals surface area (Å²) in [5.41, 5.74) is 0. The predicted octanol–water partition coefficient (Wildman–Crippen LogP) is 1.41. The Kier molecular flexibility index (Phi) is 7.35. The van der Waals surface area contributed by atoms with Gasteiger partial charge in [0.2, 0.25) is 0 Å². The van der Waals surface area contributed by atoms with Gasteiger partial charge in [0.15, 0.2) is 0 Å². The van der Waals surface area contributed by atoms with Crippen LogP contribution in [-0.2, 0) is 9.09 Å². The Labute approximate surface area is 142 Å². The molecule has 2 aromatic carbocycles. The molecule has 0 spiro atoms. The Morgan fingerprint density at radius 2 is 1.30 bits per heavy atom. The van der Waals surface area contributed by atoms with Crippen molar-refractivity contribution < 1.29 is 49.1 Å². The Morgan fingerprint density at radius 3 is 1.65 bits per heavy atom. The zero-order valence-electron chi connectivity index (χ0n) is 12.6. The maximum atomic E-state index is 12.5. The minimum atomic E-state index is -3.66. The van der Waals surface area contributed by atoms with Gasteiger partial charge >= 0.3 is 37.4 Å². The number of hydrogen-bond acceptors (Lipinski definition) is 4. The molecule has 0 unspecified atom stereocenters. The first-order valence-electron chi connectivity index (χ1n) is 5.96. The first kappa shape index (κ1) is 17.3. The fraction of sp³-hybridized carbons (Fsp3) is 0.143. The van der Waals surface area contributed by atoms with E-state index >= 15 is 0 Å². The van der Waals surface area contributed by atoms with Gasteiger partial charge in [-0.05, 0) is 31.2 Å². The quantitative estimate of drug-likeness (QED) is 0.598. The summed E-state index contributed by atoms with van der Waals surface area (Å²) >= 11 is 0. The molecule has 0 atom stereocenters. The molecular formula is C14H16NaO4P. The van der Waals surface area contributed by atoms with Crippen molar-refractivity contribution in [1.29, 1.82) is 0 Å². The summed E-state index contributed by atoms with van der Waals surface area (Å²) in [6.45, 7) is 1.96. The van der Waals surface area contributed by atoms with Crippen molar-refractivity contribution in [2.75, 3.05) is 6.61 Å². The predicted molar refractivity (Wildman–Crippen MR) is 74.5 cm³/mol. The van der Waals surface area contributed by atoms with Crippen LogP contribution in [0.4, 0.5) is 0 Å². The Bertz CT molecular complexity index is 508. The molecule has 0 fully saturated rings. The zero-order valence-corrected chi connectivity index (χ0v) is 14.5. The molecule has 0 aliphatic carbocycles. The van der Waals surface area contributed by atoms with Crippen molar-refractivity contribution in [2.45, 2.75) is 6.92 Å². The molecule has 0 saturated heterocycles. The van der Waals surface area contributed by atoms with Crippen LogP contribution in [0, 0.1) is 0 Å². The molecule has 0 bridgehead atoms. The average Bonchev–Trinajstić information content (AvgIpc) is 2.41. The van der Waals surface area contributed by atoms with Crippen LogP contribution < -0.4 is 38.6 Å². The molecule has 6 heteroatoms. The second-order valence-corrected chi connectivity index (χ2v) is 5.19. The number of phosphoric acid groups is 1. The van der Waals surface area contributed by atoms with Gasteiger partial charge in [-0.3, -0.25) is 4.52 Å². The summed E-state index contributed by atoms with van der Waals surface area (Å²) < 4.78 is 28.3. The van der Waals surface area contributed by atoms with Gasteiger partial charge in [0, 0.05) is 0 Å². The molecule has 0 amide bonds. The SMILES string of the molecule is CCOP(=O)(Oc1ccccc1)Oc1ccccc1.[H-].[Na+]. The molecular weight excluding hydrogens is 286 g/mol. The minimum absolute atomic E-state index is 0. The summed E-state index contributed by atoms with van der Waals surface area (Å²) in [5, 5.41) is 0. The summed E-state index contributed by atoms with van der Waals surface area (Å²) in [7, 11) is -3.66. The summed E-state index contributed by atoms with van der Waals surface area (Å²) in [5.74, 6) is 0.880. The monoisotopic (exact) mass is 302 g/mol. The van der Waals surface area contributed by atoms with E-state index in [1.165, 1.54) is 0 Å². The van der Waals surface area contributed by atoms with Crippen LogP contribution in [0.5, 0.6) is 11.5 Å². The third-order valence-electron chi connectivity index (χ3n) is 2.21. The van der Waals surface area contributed by atoms with Crippen molar-refractivity contribution in [3.05, 3.63) is 60.7 Å². The number of hydrogen-bond donors (Lipinski definition) is 0. The van der Waals surface area contributed by atoms with Crippen LogP contribution >= 0.6 is 7.82 Å². The molecule has 0 heterocycles. The largest absolute Gasteiger partial charge is 1.00 e. The molecule has 0 saturated carbocycles. The van der Waals surface area contributed by atoms with E-state index in [-0.39, 0.29) is 37.6 Å². The van der Waals surface area contributed by atoms with E-state index in [4.69, 9.17) is 13.6 Å². The third-order valence-corrected chi connectivity index (χ3v) is 3.65. The molecule has 102 valence electrons. The van der Waals surface area contributed by atoms with Crippen LogP contribution in [0.2, 0.25) is 0 Å². The molecule has 0 aliphatic rings. The van der Waals surface area contributed by atoms with Gasteiger partial charge in [0.05, 0.1) is 6.61 Å². The van der Waals surface area contributed by atoms with Crippen molar-refractivity contribution >= 4 is 7.82 Å². The molecule has 0 aliphatic heterocycles. The van der Waals surface area contributed by atoms with Gasteiger partial charge in [-0.25, -0.2) is 4.57 Å². The van der Waals surface area contributed by atoms with Gasteiger partial charge in [0.1, 0.15) is 11.5 Å². The number of para-hydroxylation sites is 2. The van der Waals surface area contributed by atoms with Crippen LogP contribution in [0.25, 0.3) is 0 Å². The molecule has 0 aromatic heterocycles. The van der Waals surface area contributed by atoms with Crippen LogP contribution in [0.3, 0.4) is 0 Å². The van der Waals surface area contributed by atoms with E-state index in [0.29, 0.717) is 11.5 Å². The normalized spacial score (nSPS) is 10.4. The number of phosphoric ester groups is 1. The fourth-order valence-electron chi connectivity index (χ4n) is 1.45. The molecule has 0 N–H and O–H groups in total. The van der Waals surface area contributed by atoms with E-state index in [2.05, 4.69) is 0 Å². The molecule has 2 rings (SSSR count). The molecule has 0 radical (unpaired) electrons. The standard InChI is InChI=1S/C14H15O4P.Na.H/c1-2-16-19(15,17-13-9-5-3-6-10-13)18-14-11-7-4-8-12-14;;/h3-12H,2H2,1H3;;/q;+1;-1. The van der Waals surface area contributed by atoms with Gasteiger partial charge < -0.3 is 10.5 Å². The van der Waals surface area contributed by atoms with Crippen molar-refractivity contribution in [1.82, 2.24) is 0 Å². The fourth-order valence-corrected chi connectivity index (χ4v) is 2.67. The smallest absolute Gasteiger partial charge is 1.00 e. The average molecular weight is 302 g/mol. The maximum absolute atomic E-state index is 12.5. The first-order chi connectivity index (χ1) is 9.22. The summed E-state index contributed by atoms with van der Waals surface area (Å²) in [6.07, 6.45) is 0. The second kappa shape index (κ2) is 8.50. The van der Waals surface area contributed by atoms with E-state index in [9.17, 15) is 4.57 Å². The first-order valence-corrected chi connectivity index (χ1v) is 7.42. The topological polar surface area (TPSA) is 44.8 Å². The van der Waals surface area contributed by atoms with Crippen molar-refractivity contribution in [3.63, 3.8) is 0 Å². The van der Waals surface area contributed by atoms with Crippen LogP contribution in [0.15, 0.2) is 60.7 Å². The number of rotatable bonds is 6. The summed E-state index contributed by atoms with van der Waals surface area (Å²) in [4.78, 5) is 0. The van der Waals surface area contributed by atoms with E-state index in [1.54, 1.807) is 55.5 Å². The van der Waals surface area contributed by atoms with Crippen LogP contribution in [0.1, 0.15) is 8.35 Å². The van der Waals surface area contributed by atoms with Crippen molar-refractivity contribution in [3.8, 4) is 11.5 Å². The Balaban J connectivity index is 0.00000200. The van der Waals surface area contributed by atoms with E-state index in [0.717, 1.165) is 0 Å². The third kappa shape index (κ3) is 5.31. The van der Waals surface area contributed by atoms with Gasteiger partial charge in [0.25, 0.3) is 0 Å². The molecule has 20 heavy (non-hydrogen) atoms. The Morgan fingerprint density at radius 1 is 0.900 bits per heavy atom. The number of benzene rings is 2. The van der Waals surface area contributed by atoms with Gasteiger partial charge in [-0.2, -0.15) is 0 Å². The van der Waals surface area contributed by atoms with Gasteiger partial charge in [-0.15, -0.1) is 0 Å². The maximum Gasteiger partial charge on any atom is 1.00 e. The van der Waals surface area contributed by atoms with Crippen LogP contribution in [-0.4, -0.2) is 6.61 Å².